The average molecular weight is 492 g/mol. The quantitative estimate of drug-likeness (QED) is 0.596. The molecule has 0 spiro atoms. The number of hydrogen-bond donors (Lipinski definition) is 3. The lowest BCUT2D eigenvalue weighted by molar-refractivity contribution is -0.118. The van der Waals surface area contributed by atoms with Crippen molar-refractivity contribution in [2.24, 2.45) is 5.92 Å². The van der Waals surface area contributed by atoms with Gasteiger partial charge >= 0.3 is 6.03 Å². The van der Waals surface area contributed by atoms with E-state index in [0.717, 1.165) is 54.5 Å². The number of rotatable bonds is 5. The van der Waals surface area contributed by atoms with E-state index in [0.29, 0.717) is 4.91 Å². The maximum Gasteiger partial charge on any atom is 0.326 e. The molecule has 3 atom stereocenters. The normalized spacial score (nSPS) is 26.2. The van der Waals surface area contributed by atoms with Gasteiger partial charge in [-0.3, -0.25) is 9.69 Å². The SMILES string of the molecule is Cc1cc(Oc2ccccc2)ccc1N1C(=O)NC2=C(C(=O)NC3CN(C)C3)SC3NCCC1C23. The molecule has 3 amide bonds. The summed E-state index contributed by atoms with van der Waals surface area (Å²) in [7, 11) is 2.04. The zero-order chi connectivity index (χ0) is 24.1. The van der Waals surface area contributed by atoms with E-state index in [2.05, 4.69) is 20.9 Å². The summed E-state index contributed by atoms with van der Waals surface area (Å²) < 4.78 is 5.98. The van der Waals surface area contributed by atoms with Gasteiger partial charge in [0, 0.05) is 30.4 Å². The summed E-state index contributed by atoms with van der Waals surface area (Å²) in [5.74, 6) is 1.46. The molecule has 0 radical (unpaired) electrons. The minimum atomic E-state index is -0.182. The number of urea groups is 1. The molecule has 4 heterocycles. The first-order chi connectivity index (χ1) is 17.0. The lowest BCUT2D eigenvalue weighted by Gasteiger charge is -2.46. The van der Waals surface area contributed by atoms with Crippen LogP contribution >= 0.6 is 11.8 Å². The Morgan fingerprint density at radius 3 is 2.69 bits per heavy atom. The van der Waals surface area contributed by atoms with Crippen molar-refractivity contribution in [2.75, 3.05) is 31.6 Å². The molecule has 2 aromatic rings. The predicted octanol–water partition coefficient (Wildman–Crippen LogP) is 3.01. The number of ether oxygens (including phenoxy) is 1. The Bertz CT molecular complexity index is 1200. The average Bonchev–Trinajstić information content (AvgIpc) is 3.19. The van der Waals surface area contributed by atoms with Crippen molar-refractivity contribution < 1.29 is 14.3 Å². The number of carbonyl (C=O) groups is 2. The van der Waals surface area contributed by atoms with Crippen LogP contribution in [0, 0.1) is 12.8 Å². The van der Waals surface area contributed by atoms with Crippen LogP contribution in [0.25, 0.3) is 0 Å². The first kappa shape index (κ1) is 22.5. The summed E-state index contributed by atoms with van der Waals surface area (Å²) in [4.78, 5) is 31.2. The second-order valence-corrected chi connectivity index (χ2v) is 10.8. The summed E-state index contributed by atoms with van der Waals surface area (Å²) in [6.07, 6.45) is 0.822. The van der Waals surface area contributed by atoms with Crippen molar-refractivity contribution in [1.82, 2.24) is 20.9 Å². The fraction of sp³-hybridized carbons (Fsp3) is 0.385. The van der Waals surface area contributed by atoms with Gasteiger partial charge in [-0.2, -0.15) is 0 Å². The van der Waals surface area contributed by atoms with Gasteiger partial charge in [-0.25, -0.2) is 4.79 Å². The summed E-state index contributed by atoms with van der Waals surface area (Å²) >= 11 is 1.55. The van der Waals surface area contributed by atoms with Gasteiger partial charge in [0.15, 0.2) is 0 Å². The highest BCUT2D eigenvalue weighted by atomic mass is 32.2. The highest BCUT2D eigenvalue weighted by Gasteiger charge is 2.52. The molecule has 0 aliphatic carbocycles. The van der Waals surface area contributed by atoms with Crippen molar-refractivity contribution in [3.05, 3.63) is 64.7 Å². The number of likely N-dealkylation sites (N-methyl/N-ethyl adjacent to an activating group) is 1. The molecule has 0 aromatic heterocycles. The number of hydrogen-bond acceptors (Lipinski definition) is 6. The molecule has 3 unspecified atom stereocenters. The first-order valence-electron chi connectivity index (χ1n) is 12.1. The highest BCUT2D eigenvalue weighted by molar-refractivity contribution is 8.04. The second kappa shape index (κ2) is 8.89. The van der Waals surface area contributed by atoms with E-state index < -0.39 is 0 Å². The van der Waals surface area contributed by atoms with Crippen LogP contribution in [0.5, 0.6) is 11.5 Å². The van der Waals surface area contributed by atoms with E-state index in [1.807, 2.05) is 67.4 Å². The number of anilines is 1. The Balaban J connectivity index is 1.26. The third-order valence-electron chi connectivity index (χ3n) is 7.15. The number of nitrogens with one attached hydrogen (secondary N) is 3. The van der Waals surface area contributed by atoms with Crippen LogP contribution in [-0.2, 0) is 4.79 Å². The number of benzene rings is 2. The van der Waals surface area contributed by atoms with Gasteiger partial charge in [0.25, 0.3) is 5.91 Å². The third-order valence-corrected chi connectivity index (χ3v) is 8.51. The zero-order valence-electron chi connectivity index (χ0n) is 19.8. The molecular formula is C26H29N5O3S. The van der Waals surface area contributed by atoms with E-state index in [-0.39, 0.29) is 35.3 Å². The standard InChI is InChI=1S/C26H29N5O3S/c1-15-12-18(34-17-6-4-3-5-7-17)8-9-19(15)31-20-10-11-27-25-21(20)22(29-26(31)33)23(35-25)24(32)28-16-13-30(2)14-16/h3-9,12,16,20-21,25,27H,10-11,13-14H2,1-2H3,(H,28,32)(H,29,33). The maximum atomic E-state index is 13.4. The number of likely N-dealkylation sites (tertiary alicyclic amines) is 1. The lowest BCUT2D eigenvalue weighted by Crippen LogP contribution is -2.62. The molecule has 4 aliphatic heterocycles. The van der Waals surface area contributed by atoms with Crippen LogP contribution in [0.2, 0.25) is 0 Å². The highest BCUT2D eigenvalue weighted by Crippen LogP contribution is 2.48. The topological polar surface area (TPSA) is 85.9 Å². The molecule has 8 nitrogen and oxygen atoms in total. The Morgan fingerprint density at radius 2 is 1.94 bits per heavy atom. The third kappa shape index (κ3) is 4.07. The largest absolute Gasteiger partial charge is 0.457 e. The van der Waals surface area contributed by atoms with E-state index in [9.17, 15) is 9.59 Å². The van der Waals surface area contributed by atoms with E-state index in [1.165, 1.54) is 0 Å². The summed E-state index contributed by atoms with van der Waals surface area (Å²) in [5.41, 5.74) is 2.60. The van der Waals surface area contributed by atoms with Crippen molar-refractivity contribution in [3.8, 4) is 11.5 Å². The molecule has 2 aromatic carbocycles. The predicted molar refractivity (Wildman–Crippen MR) is 136 cm³/mol. The molecule has 9 heteroatoms. The van der Waals surface area contributed by atoms with E-state index >= 15 is 0 Å². The Hall–Kier alpha value is -3.01. The Kier molecular flexibility index (Phi) is 5.70. The van der Waals surface area contributed by atoms with Crippen LogP contribution in [0.3, 0.4) is 0 Å². The van der Waals surface area contributed by atoms with Gasteiger partial charge in [-0.1, -0.05) is 30.0 Å². The summed E-state index contributed by atoms with van der Waals surface area (Å²) in [5, 5.41) is 9.84. The Labute approximate surface area is 209 Å². The molecule has 0 saturated carbocycles. The summed E-state index contributed by atoms with van der Waals surface area (Å²) in [6.45, 7) is 4.51. The molecule has 3 fully saturated rings. The van der Waals surface area contributed by atoms with Gasteiger partial charge in [-0.15, -0.1) is 0 Å². The van der Waals surface area contributed by atoms with Gasteiger partial charge in [-0.05, 0) is 62.8 Å². The molecule has 0 bridgehead atoms. The number of aryl methyl sites for hydroxylation is 1. The fourth-order valence-corrected chi connectivity index (χ4v) is 6.93. The number of amides is 3. The smallest absolute Gasteiger partial charge is 0.326 e. The first-order valence-corrected chi connectivity index (χ1v) is 12.9. The van der Waals surface area contributed by atoms with Gasteiger partial charge in [0.05, 0.1) is 22.4 Å². The van der Waals surface area contributed by atoms with E-state index in [1.54, 1.807) is 11.8 Å². The molecule has 6 rings (SSSR count). The monoisotopic (exact) mass is 491 g/mol. The number of nitrogens with zero attached hydrogens (tertiary/aromatic N) is 2. The van der Waals surface area contributed by atoms with E-state index in [4.69, 9.17) is 4.74 Å². The molecule has 3 saturated heterocycles. The Morgan fingerprint density at radius 1 is 1.14 bits per heavy atom. The molecule has 3 N–H and O–H groups in total. The van der Waals surface area contributed by atoms with Gasteiger partial charge < -0.3 is 25.6 Å². The molecular weight excluding hydrogens is 462 g/mol. The number of para-hydroxylation sites is 1. The van der Waals surface area contributed by atoms with Gasteiger partial charge in [0.1, 0.15) is 11.5 Å². The molecule has 182 valence electrons. The van der Waals surface area contributed by atoms with Crippen molar-refractivity contribution in [2.45, 2.75) is 30.8 Å². The van der Waals surface area contributed by atoms with Crippen LogP contribution < -0.4 is 25.6 Å². The van der Waals surface area contributed by atoms with Crippen LogP contribution in [-0.4, -0.2) is 61.0 Å². The minimum Gasteiger partial charge on any atom is -0.457 e. The maximum absolute atomic E-state index is 13.4. The number of thioether (sulfide) groups is 1. The van der Waals surface area contributed by atoms with Crippen LogP contribution in [0.1, 0.15) is 12.0 Å². The van der Waals surface area contributed by atoms with Gasteiger partial charge in [0.2, 0.25) is 0 Å². The fourth-order valence-electron chi connectivity index (χ4n) is 5.53. The summed E-state index contributed by atoms with van der Waals surface area (Å²) in [6, 6.07) is 15.5. The zero-order valence-corrected chi connectivity index (χ0v) is 20.6. The molecule has 35 heavy (non-hydrogen) atoms. The van der Waals surface area contributed by atoms with Crippen LogP contribution in [0.15, 0.2) is 59.1 Å². The van der Waals surface area contributed by atoms with Crippen molar-refractivity contribution in [1.29, 1.82) is 0 Å². The van der Waals surface area contributed by atoms with Crippen LogP contribution in [0.4, 0.5) is 10.5 Å². The minimum absolute atomic E-state index is 0.0165. The number of piperidine rings is 1. The van der Waals surface area contributed by atoms with Crippen molar-refractivity contribution >= 4 is 29.4 Å². The molecule has 4 aliphatic rings. The van der Waals surface area contributed by atoms with Crippen molar-refractivity contribution in [3.63, 3.8) is 0 Å². The number of carbonyl (C=O) groups excluding carboxylic acids is 2. The second-order valence-electron chi connectivity index (χ2n) is 9.67. The lowest BCUT2D eigenvalue weighted by atomic mass is 9.86.